The van der Waals surface area contributed by atoms with E-state index < -0.39 is 0 Å². The summed E-state index contributed by atoms with van der Waals surface area (Å²) in [5.74, 6) is 0.295. The quantitative estimate of drug-likeness (QED) is 0.795. The summed E-state index contributed by atoms with van der Waals surface area (Å²) in [5, 5.41) is 0. The molecule has 1 saturated heterocycles. The summed E-state index contributed by atoms with van der Waals surface area (Å²) in [5.41, 5.74) is 6.11. The number of carbonyl (C=O) groups excluding carboxylic acids is 1. The number of rotatable bonds is 4. The van der Waals surface area contributed by atoms with Gasteiger partial charge in [-0.2, -0.15) is 0 Å². The number of anilines is 1. The highest BCUT2D eigenvalue weighted by Gasteiger charge is 2.24. The zero-order valence-corrected chi connectivity index (χ0v) is 11.0. The predicted molar refractivity (Wildman–Crippen MR) is 71.2 cm³/mol. The van der Waals surface area contributed by atoms with E-state index in [0.29, 0.717) is 44.2 Å². The normalized spacial score (nSPS) is 19.3. The van der Waals surface area contributed by atoms with Crippen molar-refractivity contribution >= 4 is 11.8 Å². The number of carbonyl (C=O) groups is 1. The highest BCUT2D eigenvalue weighted by molar-refractivity contribution is 5.94. The SMILES string of the molecule is CCOC(=O)c1cccnc1N1CCOC(CN)C1. The van der Waals surface area contributed by atoms with E-state index in [1.807, 2.05) is 4.90 Å². The van der Waals surface area contributed by atoms with Crippen molar-refractivity contribution in [3.05, 3.63) is 23.9 Å². The molecule has 1 atom stereocenters. The number of morpholine rings is 1. The number of pyridine rings is 1. The molecule has 1 aliphatic heterocycles. The summed E-state index contributed by atoms with van der Waals surface area (Å²) >= 11 is 0. The number of nitrogens with zero attached hydrogens (tertiary/aromatic N) is 2. The fourth-order valence-corrected chi connectivity index (χ4v) is 2.07. The average molecular weight is 265 g/mol. The number of nitrogens with two attached hydrogens (primary N) is 1. The van der Waals surface area contributed by atoms with Crippen molar-refractivity contribution in [1.29, 1.82) is 0 Å². The summed E-state index contributed by atoms with van der Waals surface area (Å²) < 4.78 is 10.6. The van der Waals surface area contributed by atoms with E-state index in [1.54, 1.807) is 25.3 Å². The molecule has 1 aromatic rings. The van der Waals surface area contributed by atoms with Gasteiger partial charge in [0, 0.05) is 25.8 Å². The molecular weight excluding hydrogens is 246 g/mol. The van der Waals surface area contributed by atoms with Crippen LogP contribution in [0.1, 0.15) is 17.3 Å². The van der Waals surface area contributed by atoms with Crippen molar-refractivity contribution in [3.8, 4) is 0 Å². The standard InChI is InChI=1S/C13H19N3O3/c1-2-18-13(17)11-4-3-5-15-12(11)16-6-7-19-10(8-14)9-16/h3-5,10H,2,6-9,14H2,1H3. The molecule has 1 aromatic heterocycles. The van der Waals surface area contributed by atoms with Gasteiger partial charge < -0.3 is 20.1 Å². The molecule has 0 spiro atoms. The molecule has 0 radical (unpaired) electrons. The smallest absolute Gasteiger partial charge is 0.341 e. The van der Waals surface area contributed by atoms with Crippen LogP contribution in [0.3, 0.4) is 0 Å². The van der Waals surface area contributed by atoms with Crippen LogP contribution in [0.2, 0.25) is 0 Å². The number of hydrogen-bond donors (Lipinski definition) is 1. The Hall–Kier alpha value is -1.66. The maximum Gasteiger partial charge on any atom is 0.341 e. The molecule has 2 rings (SSSR count). The fraction of sp³-hybridized carbons (Fsp3) is 0.538. The predicted octanol–water partition coefficient (Wildman–Crippen LogP) is 0.422. The van der Waals surface area contributed by atoms with Crippen LogP contribution in [0.5, 0.6) is 0 Å². The minimum Gasteiger partial charge on any atom is -0.462 e. The van der Waals surface area contributed by atoms with Crippen LogP contribution in [0.15, 0.2) is 18.3 Å². The van der Waals surface area contributed by atoms with Crippen LogP contribution in [-0.4, -0.2) is 49.9 Å². The van der Waals surface area contributed by atoms with Crippen LogP contribution in [0.25, 0.3) is 0 Å². The molecule has 1 fully saturated rings. The molecule has 19 heavy (non-hydrogen) atoms. The minimum atomic E-state index is -0.346. The Morgan fingerprint density at radius 1 is 1.68 bits per heavy atom. The second kappa shape index (κ2) is 6.49. The van der Waals surface area contributed by atoms with E-state index in [4.69, 9.17) is 15.2 Å². The maximum atomic E-state index is 11.9. The lowest BCUT2D eigenvalue weighted by Gasteiger charge is -2.33. The molecular formula is C13H19N3O3. The van der Waals surface area contributed by atoms with Crippen molar-refractivity contribution in [2.75, 3.05) is 37.7 Å². The molecule has 1 aliphatic rings. The van der Waals surface area contributed by atoms with Gasteiger partial charge in [0.25, 0.3) is 0 Å². The van der Waals surface area contributed by atoms with Gasteiger partial charge >= 0.3 is 5.97 Å². The number of esters is 1. The Bertz CT molecular complexity index is 439. The molecule has 0 bridgehead atoms. The monoisotopic (exact) mass is 265 g/mol. The third-order valence-electron chi connectivity index (χ3n) is 2.98. The van der Waals surface area contributed by atoms with Gasteiger partial charge in [-0.25, -0.2) is 9.78 Å². The van der Waals surface area contributed by atoms with Crippen LogP contribution in [0, 0.1) is 0 Å². The molecule has 1 unspecified atom stereocenters. The molecule has 0 aromatic carbocycles. The van der Waals surface area contributed by atoms with Gasteiger partial charge in [0.1, 0.15) is 11.4 Å². The lowest BCUT2D eigenvalue weighted by molar-refractivity contribution is 0.0452. The van der Waals surface area contributed by atoms with Crippen molar-refractivity contribution in [1.82, 2.24) is 4.98 Å². The van der Waals surface area contributed by atoms with Crippen molar-refractivity contribution in [2.45, 2.75) is 13.0 Å². The summed E-state index contributed by atoms with van der Waals surface area (Å²) in [6, 6.07) is 3.46. The van der Waals surface area contributed by atoms with Gasteiger partial charge in [-0.15, -0.1) is 0 Å². The molecule has 0 amide bonds. The van der Waals surface area contributed by atoms with E-state index in [0.717, 1.165) is 0 Å². The summed E-state index contributed by atoms with van der Waals surface area (Å²) in [6.07, 6.45) is 1.65. The minimum absolute atomic E-state index is 0.0224. The molecule has 0 saturated carbocycles. The second-order valence-corrected chi connectivity index (χ2v) is 4.27. The first kappa shape index (κ1) is 13.8. The van der Waals surface area contributed by atoms with Gasteiger partial charge in [0.15, 0.2) is 0 Å². The highest BCUT2D eigenvalue weighted by Crippen LogP contribution is 2.20. The second-order valence-electron chi connectivity index (χ2n) is 4.27. The first-order valence-corrected chi connectivity index (χ1v) is 6.45. The largest absolute Gasteiger partial charge is 0.462 e. The Morgan fingerprint density at radius 3 is 3.26 bits per heavy atom. The number of aromatic nitrogens is 1. The van der Waals surface area contributed by atoms with Crippen LogP contribution >= 0.6 is 0 Å². The van der Waals surface area contributed by atoms with Crippen LogP contribution in [0.4, 0.5) is 5.82 Å². The van der Waals surface area contributed by atoms with Gasteiger partial charge in [-0.1, -0.05) is 0 Å². The molecule has 2 N–H and O–H groups in total. The van der Waals surface area contributed by atoms with Gasteiger partial charge in [0.2, 0.25) is 0 Å². The van der Waals surface area contributed by atoms with E-state index in [-0.39, 0.29) is 12.1 Å². The van der Waals surface area contributed by atoms with Crippen LogP contribution < -0.4 is 10.6 Å². The summed E-state index contributed by atoms with van der Waals surface area (Å²) in [7, 11) is 0. The molecule has 6 heteroatoms. The first-order chi connectivity index (χ1) is 9.26. The Balaban J connectivity index is 2.21. The highest BCUT2D eigenvalue weighted by atomic mass is 16.5. The Kier molecular flexibility index (Phi) is 4.70. The molecule has 0 aliphatic carbocycles. The molecule has 6 nitrogen and oxygen atoms in total. The summed E-state index contributed by atoms with van der Waals surface area (Å²) in [6.45, 7) is 4.51. The fourth-order valence-electron chi connectivity index (χ4n) is 2.07. The van der Waals surface area contributed by atoms with Gasteiger partial charge in [-0.05, 0) is 19.1 Å². The lowest BCUT2D eigenvalue weighted by atomic mass is 10.2. The average Bonchev–Trinajstić information content (AvgIpc) is 2.47. The topological polar surface area (TPSA) is 77.7 Å². The molecule has 2 heterocycles. The number of ether oxygens (including phenoxy) is 2. The third kappa shape index (κ3) is 3.21. The Morgan fingerprint density at radius 2 is 2.53 bits per heavy atom. The zero-order chi connectivity index (χ0) is 13.7. The first-order valence-electron chi connectivity index (χ1n) is 6.45. The lowest BCUT2D eigenvalue weighted by Crippen LogP contribution is -2.46. The van der Waals surface area contributed by atoms with Crippen molar-refractivity contribution < 1.29 is 14.3 Å². The maximum absolute atomic E-state index is 11.9. The molecule has 104 valence electrons. The summed E-state index contributed by atoms with van der Waals surface area (Å²) in [4.78, 5) is 18.2. The van der Waals surface area contributed by atoms with Gasteiger partial charge in [0.05, 0.1) is 19.3 Å². The number of hydrogen-bond acceptors (Lipinski definition) is 6. The van der Waals surface area contributed by atoms with E-state index >= 15 is 0 Å². The third-order valence-corrected chi connectivity index (χ3v) is 2.98. The Labute approximate surface area is 112 Å². The van der Waals surface area contributed by atoms with Gasteiger partial charge in [-0.3, -0.25) is 0 Å². The van der Waals surface area contributed by atoms with E-state index in [1.165, 1.54) is 0 Å². The van der Waals surface area contributed by atoms with Crippen LogP contribution in [-0.2, 0) is 9.47 Å². The van der Waals surface area contributed by atoms with E-state index in [2.05, 4.69) is 4.98 Å². The van der Waals surface area contributed by atoms with Crippen molar-refractivity contribution in [2.24, 2.45) is 5.73 Å². The van der Waals surface area contributed by atoms with E-state index in [9.17, 15) is 4.79 Å². The zero-order valence-electron chi connectivity index (χ0n) is 11.0. The van der Waals surface area contributed by atoms with Crippen molar-refractivity contribution in [3.63, 3.8) is 0 Å².